The van der Waals surface area contributed by atoms with Crippen molar-refractivity contribution in [3.05, 3.63) is 15.6 Å². The molecule has 2 heterocycles. The highest BCUT2D eigenvalue weighted by molar-refractivity contribution is 7.13. The number of rotatable bonds is 2. The van der Waals surface area contributed by atoms with Crippen LogP contribution in [-0.4, -0.2) is 47.6 Å². The minimum Gasteiger partial charge on any atom is -0.373 e. The Kier molecular flexibility index (Phi) is 3.99. The van der Waals surface area contributed by atoms with E-state index in [2.05, 4.69) is 4.98 Å². The zero-order chi connectivity index (χ0) is 13.3. The molecule has 1 saturated heterocycles. The lowest BCUT2D eigenvalue weighted by Crippen LogP contribution is -2.51. The van der Waals surface area contributed by atoms with Gasteiger partial charge in [-0.05, 0) is 20.8 Å². The average molecular weight is 269 g/mol. The van der Waals surface area contributed by atoms with E-state index in [4.69, 9.17) is 10.5 Å². The number of amides is 1. The number of nitrogens with two attached hydrogens (primary N) is 1. The summed E-state index contributed by atoms with van der Waals surface area (Å²) < 4.78 is 5.56. The minimum absolute atomic E-state index is 0.0482. The second-order valence-corrected chi connectivity index (χ2v) is 5.87. The summed E-state index contributed by atoms with van der Waals surface area (Å²) in [4.78, 5) is 19.2. The molecule has 0 spiro atoms. The van der Waals surface area contributed by atoms with Crippen molar-refractivity contribution in [1.29, 1.82) is 0 Å². The van der Waals surface area contributed by atoms with Gasteiger partial charge in [0.15, 0.2) is 0 Å². The number of hydrogen-bond acceptors (Lipinski definition) is 5. The first kappa shape index (κ1) is 13.5. The molecular formula is C12H19N3O2S. The third-order valence-electron chi connectivity index (χ3n) is 3.06. The fourth-order valence-corrected chi connectivity index (χ4v) is 2.94. The van der Waals surface area contributed by atoms with Gasteiger partial charge in [0.2, 0.25) is 0 Å². The summed E-state index contributed by atoms with van der Waals surface area (Å²) >= 11 is 1.45. The number of ether oxygens (including phenoxy) is 1. The first-order chi connectivity index (χ1) is 8.49. The quantitative estimate of drug-likeness (QED) is 0.868. The van der Waals surface area contributed by atoms with Gasteiger partial charge in [0, 0.05) is 19.1 Å². The van der Waals surface area contributed by atoms with Crippen LogP contribution in [0.5, 0.6) is 0 Å². The molecule has 0 saturated carbocycles. The van der Waals surface area contributed by atoms with Crippen molar-refractivity contribution >= 4 is 17.2 Å². The molecule has 0 radical (unpaired) electrons. The van der Waals surface area contributed by atoms with Crippen molar-refractivity contribution in [2.24, 2.45) is 5.73 Å². The van der Waals surface area contributed by atoms with E-state index in [-0.39, 0.29) is 18.1 Å². The Morgan fingerprint density at radius 3 is 2.89 bits per heavy atom. The van der Waals surface area contributed by atoms with Gasteiger partial charge in [-0.3, -0.25) is 4.79 Å². The van der Waals surface area contributed by atoms with E-state index in [1.165, 1.54) is 11.3 Å². The molecule has 0 bridgehead atoms. The van der Waals surface area contributed by atoms with Crippen molar-refractivity contribution < 1.29 is 9.53 Å². The molecule has 2 rings (SSSR count). The second kappa shape index (κ2) is 5.34. The lowest BCUT2D eigenvalue weighted by Gasteiger charge is -2.34. The molecule has 1 fully saturated rings. The zero-order valence-electron chi connectivity index (χ0n) is 11.0. The average Bonchev–Trinajstić information content (AvgIpc) is 2.67. The third-order valence-corrected chi connectivity index (χ3v) is 4.13. The number of carbonyl (C=O) groups is 1. The van der Waals surface area contributed by atoms with Crippen LogP contribution in [0.4, 0.5) is 0 Å². The highest BCUT2D eigenvalue weighted by Crippen LogP contribution is 2.20. The molecule has 1 aromatic heterocycles. The van der Waals surface area contributed by atoms with Crippen LogP contribution in [0, 0.1) is 13.8 Å². The largest absolute Gasteiger partial charge is 0.373 e. The molecule has 1 aromatic rings. The molecule has 18 heavy (non-hydrogen) atoms. The van der Waals surface area contributed by atoms with Gasteiger partial charge >= 0.3 is 0 Å². The molecule has 1 amide bonds. The summed E-state index contributed by atoms with van der Waals surface area (Å²) in [5, 5.41) is 0.924. The molecule has 1 aliphatic rings. The van der Waals surface area contributed by atoms with Crippen LogP contribution in [-0.2, 0) is 4.74 Å². The van der Waals surface area contributed by atoms with Crippen molar-refractivity contribution in [2.75, 3.05) is 19.7 Å². The van der Waals surface area contributed by atoms with E-state index in [1.807, 2.05) is 25.7 Å². The number of nitrogens with zero attached hydrogens (tertiary/aromatic N) is 2. The lowest BCUT2D eigenvalue weighted by molar-refractivity contribution is -0.0298. The van der Waals surface area contributed by atoms with Gasteiger partial charge in [-0.15, -0.1) is 11.3 Å². The van der Waals surface area contributed by atoms with Gasteiger partial charge < -0.3 is 15.4 Å². The molecule has 0 aliphatic carbocycles. The van der Waals surface area contributed by atoms with Crippen LogP contribution in [0.15, 0.2) is 0 Å². The van der Waals surface area contributed by atoms with E-state index >= 15 is 0 Å². The SMILES string of the molecule is Cc1nc(C)c(C(=O)N2CCOC(C(C)N)C2)s1. The van der Waals surface area contributed by atoms with Crippen molar-refractivity contribution in [3.8, 4) is 0 Å². The van der Waals surface area contributed by atoms with Crippen LogP contribution in [0.2, 0.25) is 0 Å². The normalized spacial score (nSPS) is 22.0. The van der Waals surface area contributed by atoms with Gasteiger partial charge in [0.05, 0.1) is 23.4 Å². The first-order valence-corrected chi connectivity index (χ1v) is 6.91. The molecule has 6 heteroatoms. The summed E-state index contributed by atoms with van der Waals surface area (Å²) in [5.74, 6) is 0.0482. The number of hydrogen-bond donors (Lipinski definition) is 1. The summed E-state index contributed by atoms with van der Waals surface area (Å²) in [7, 11) is 0. The smallest absolute Gasteiger partial charge is 0.266 e. The highest BCUT2D eigenvalue weighted by Gasteiger charge is 2.28. The van der Waals surface area contributed by atoms with Crippen LogP contribution in [0.25, 0.3) is 0 Å². The fourth-order valence-electron chi connectivity index (χ4n) is 2.05. The maximum absolute atomic E-state index is 12.4. The fraction of sp³-hybridized carbons (Fsp3) is 0.667. The third kappa shape index (κ3) is 2.71. The Labute approximate surface area is 111 Å². The Balaban J connectivity index is 2.11. The monoisotopic (exact) mass is 269 g/mol. The highest BCUT2D eigenvalue weighted by atomic mass is 32.1. The molecule has 1 aliphatic heterocycles. The Bertz CT molecular complexity index is 445. The number of carbonyl (C=O) groups excluding carboxylic acids is 1. The minimum atomic E-state index is -0.0722. The number of morpholine rings is 1. The van der Waals surface area contributed by atoms with Gasteiger partial charge in [0.1, 0.15) is 4.88 Å². The van der Waals surface area contributed by atoms with Gasteiger partial charge in [-0.1, -0.05) is 0 Å². The predicted octanol–water partition coefficient (Wildman–Crippen LogP) is 0.948. The molecular weight excluding hydrogens is 250 g/mol. The predicted molar refractivity (Wildman–Crippen MR) is 70.9 cm³/mol. The number of aromatic nitrogens is 1. The Morgan fingerprint density at radius 2 is 2.33 bits per heavy atom. The lowest BCUT2D eigenvalue weighted by atomic mass is 10.1. The second-order valence-electron chi connectivity index (χ2n) is 4.67. The van der Waals surface area contributed by atoms with Gasteiger partial charge in [-0.25, -0.2) is 4.98 Å². The molecule has 2 atom stereocenters. The molecule has 100 valence electrons. The van der Waals surface area contributed by atoms with E-state index in [1.54, 1.807) is 0 Å². The van der Waals surface area contributed by atoms with E-state index in [9.17, 15) is 4.79 Å². The Hall–Kier alpha value is -0.980. The summed E-state index contributed by atoms with van der Waals surface area (Å²) in [5.41, 5.74) is 6.64. The number of thiazole rings is 1. The summed E-state index contributed by atoms with van der Waals surface area (Å²) in [6.07, 6.45) is -0.0722. The molecule has 2 unspecified atom stereocenters. The summed E-state index contributed by atoms with van der Waals surface area (Å²) in [6.45, 7) is 7.43. The van der Waals surface area contributed by atoms with Crippen LogP contribution in [0.1, 0.15) is 27.3 Å². The van der Waals surface area contributed by atoms with Gasteiger partial charge in [-0.2, -0.15) is 0 Å². The van der Waals surface area contributed by atoms with Crippen LogP contribution in [0.3, 0.4) is 0 Å². The molecule has 2 N–H and O–H groups in total. The zero-order valence-corrected chi connectivity index (χ0v) is 11.8. The van der Waals surface area contributed by atoms with Crippen molar-refractivity contribution in [3.63, 3.8) is 0 Å². The maximum Gasteiger partial charge on any atom is 0.266 e. The van der Waals surface area contributed by atoms with Crippen LogP contribution >= 0.6 is 11.3 Å². The standard InChI is InChI=1S/C12H19N3O2S/c1-7(13)10-6-15(4-5-17-10)12(16)11-8(2)14-9(3)18-11/h7,10H,4-6,13H2,1-3H3. The summed E-state index contributed by atoms with van der Waals surface area (Å²) in [6, 6.07) is -0.0649. The van der Waals surface area contributed by atoms with Crippen molar-refractivity contribution in [2.45, 2.75) is 32.9 Å². The Morgan fingerprint density at radius 1 is 1.61 bits per heavy atom. The molecule has 0 aromatic carbocycles. The van der Waals surface area contributed by atoms with E-state index < -0.39 is 0 Å². The maximum atomic E-state index is 12.4. The first-order valence-electron chi connectivity index (χ1n) is 6.09. The molecule has 5 nitrogen and oxygen atoms in total. The van der Waals surface area contributed by atoms with Crippen molar-refractivity contribution in [1.82, 2.24) is 9.88 Å². The van der Waals surface area contributed by atoms with E-state index in [0.29, 0.717) is 19.7 Å². The van der Waals surface area contributed by atoms with Crippen LogP contribution < -0.4 is 5.73 Å². The van der Waals surface area contributed by atoms with Gasteiger partial charge in [0.25, 0.3) is 5.91 Å². The van der Waals surface area contributed by atoms with E-state index in [0.717, 1.165) is 15.6 Å². The topological polar surface area (TPSA) is 68.5 Å². The number of aryl methyl sites for hydroxylation is 2.